The van der Waals surface area contributed by atoms with Crippen LogP contribution in [0.4, 0.5) is 0 Å². The van der Waals surface area contributed by atoms with Crippen molar-refractivity contribution in [2.45, 2.75) is 18.7 Å². The molecular weight excluding hydrogens is 385 g/mol. The normalized spacial score (nSPS) is 12.7. The van der Waals surface area contributed by atoms with Crippen LogP contribution in [-0.2, 0) is 15.8 Å². The molecule has 0 bridgehead atoms. The van der Waals surface area contributed by atoms with E-state index in [1.54, 1.807) is 50.4 Å². The third-order valence-electron chi connectivity index (χ3n) is 3.60. The van der Waals surface area contributed by atoms with Gasteiger partial charge in [-0.05, 0) is 42.3 Å². The van der Waals surface area contributed by atoms with Gasteiger partial charge in [-0.3, -0.25) is 0 Å². The summed E-state index contributed by atoms with van der Waals surface area (Å²) in [7, 11) is -0.500. The minimum absolute atomic E-state index is 0.193. The van der Waals surface area contributed by atoms with Crippen LogP contribution in [-0.4, -0.2) is 22.6 Å². The Balaban J connectivity index is 2.15. The van der Waals surface area contributed by atoms with Gasteiger partial charge in [0.05, 0.1) is 30.0 Å². The molecule has 1 atom stereocenters. The molecule has 136 valence electrons. The smallest absolute Gasteiger partial charge is 0.216 e. The first kappa shape index (κ1) is 19.8. The maximum atomic E-state index is 12.4. The zero-order valence-corrected chi connectivity index (χ0v) is 16.4. The molecule has 0 amide bonds. The number of ether oxygens (including phenoxy) is 2. The highest BCUT2D eigenvalue weighted by Crippen LogP contribution is 2.30. The number of sulfonamides is 1. The molecule has 0 saturated heterocycles. The molecule has 0 unspecified atom stereocenters. The molecule has 25 heavy (non-hydrogen) atoms. The van der Waals surface area contributed by atoms with Gasteiger partial charge in [0.2, 0.25) is 10.0 Å². The Morgan fingerprint density at radius 3 is 2.28 bits per heavy atom. The van der Waals surface area contributed by atoms with E-state index in [-0.39, 0.29) is 5.75 Å². The van der Waals surface area contributed by atoms with Crippen molar-refractivity contribution in [2.75, 3.05) is 14.2 Å². The number of methoxy groups -OCH3 is 2. The SMILES string of the molecule is COc1ccc([C@@H](C)NS(=O)(=O)Cc2ccc(Cl)c(Cl)c2)cc1OC. The third-order valence-corrected chi connectivity index (χ3v) is 5.77. The first-order valence-corrected chi connectivity index (χ1v) is 9.82. The Bertz CT molecular complexity index is 856. The molecule has 5 nitrogen and oxygen atoms in total. The molecule has 2 rings (SSSR count). The average Bonchev–Trinajstić information content (AvgIpc) is 2.56. The molecule has 0 aliphatic heterocycles. The summed E-state index contributed by atoms with van der Waals surface area (Å²) >= 11 is 11.8. The molecule has 2 aromatic rings. The van der Waals surface area contributed by atoms with Gasteiger partial charge >= 0.3 is 0 Å². The predicted octanol–water partition coefficient (Wildman–Crippen LogP) is 4.19. The van der Waals surface area contributed by atoms with Crippen LogP contribution >= 0.6 is 23.2 Å². The summed E-state index contributed by atoms with van der Waals surface area (Å²) in [6.45, 7) is 1.76. The highest BCUT2D eigenvalue weighted by atomic mass is 35.5. The van der Waals surface area contributed by atoms with Gasteiger partial charge in [-0.2, -0.15) is 0 Å². The van der Waals surface area contributed by atoms with Gasteiger partial charge in [0.1, 0.15) is 0 Å². The van der Waals surface area contributed by atoms with E-state index in [9.17, 15) is 8.42 Å². The monoisotopic (exact) mass is 403 g/mol. The van der Waals surface area contributed by atoms with E-state index in [1.165, 1.54) is 7.11 Å². The molecule has 2 aromatic carbocycles. The Hall–Kier alpha value is -1.47. The van der Waals surface area contributed by atoms with E-state index in [0.717, 1.165) is 5.56 Å². The predicted molar refractivity (Wildman–Crippen MR) is 100 cm³/mol. The zero-order chi connectivity index (χ0) is 18.6. The summed E-state index contributed by atoms with van der Waals surface area (Å²) in [5, 5.41) is 0.705. The second kappa shape index (κ2) is 8.27. The molecule has 0 spiro atoms. The Labute approximate surface area is 157 Å². The second-order valence-electron chi connectivity index (χ2n) is 5.46. The number of hydrogen-bond donors (Lipinski definition) is 1. The lowest BCUT2D eigenvalue weighted by molar-refractivity contribution is 0.354. The Morgan fingerprint density at radius 1 is 1.00 bits per heavy atom. The fraction of sp³-hybridized carbons (Fsp3) is 0.294. The van der Waals surface area contributed by atoms with E-state index in [4.69, 9.17) is 32.7 Å². The second-order valence-corrected chi connectivity index (χ2v) is 8.03. The molecule has 0 heterocycles. The molecule has 1 N–H and O–H groups in total. The fourth-order valence-electron chi connectivity index (χ4n) is 2.35. The van der Waals surface area contributed by atoms with Gasteiger partial charge in [-0.1, -0.05) is 35.3 Å². The molecular formula is C17H19Cl2NO4S. The van der Waals surface area contributed by atoms with Crippen molar-refractivity contribution in [2.24, 2.45) is 0 Å². The van der Waals surface area contributed by atoms with Gasteiger partial charge < -0.3 is 9.47 Å². The lowest BCUT2D eigenvalue weighted by Crippen LogP contribution is -2.28. The van der Waals surface area contributed by atoms with Gasteiger partial charge in [0.15, 0.2) is 11.5 Å². The van der Waals surface area contributed by atoms with E-state index in [1.807, 2.05) is 0 Å². The Kier molecular flexibility index (Phi) is 6.57. The lowest BCUT2D eigenvalue weighted by atomic mass is 10.1. The van der Waals surface area contributed by atoms with Crippen LogP contribution in [0, 0.1) is 0 Å². The van der Waals surface area contributed by atoms with Crippen LogP contribution in [0.2, 0.25) is 10.0 Å². The van der Waals surface area contributed by atoms with E-state index >= 15 is 0 Å². The van der Waals surface area contributed by atoms with Crippen molar-refractivity contribution in [3.05, 3.63) is 57.6 Å². The van der Waals surface area contributed by atoms with Crippen molar-refractivity contribution >= 4 is 33.2 Å². The molecule has 0 aromatic heterocycles. The molecule has 0 saturated carbocycles. The van der Waals surface area contributed by atoms with Crippen molar-refractivity contribution in [3.8, 4) is 11.5 Å². The highest BCUT2D eigenvalue weighted by molar-refractivity contribution is 7.88. The Morgan fingerprint density at radius 2 is 1.68 bits per heavy atom. The summed E-state index contributed by atoms with van der Waals surface area (Å²) in [5.41, 5.74) is 1.32. The molecule has 0 aliphatic carbocycles. The largest absolute Gasteiger partial charge is 0.493 e. The maximum absolute atomic E-state index is 12.4. The topological polar surface area (TPSA) is 64.6 Å². The summed E-state index contributed by atoms with van der Waals surface area (Å²) in [6, 6.07) is 9.58. The third kappa shape index (κ3) is 5.25. The van der Waals surface area contributed by atoms with Gasteiger partial charge in [-0.15, -0.1) is 0 Å². The zero-order valence-electron chi connectivity index (χ0n) is 14.0. The van der Waals surface area contributed by atoms with Crippen LogP contribution < -0.4 is 14.2 Å². The summed E-state index contributed by atoms with van der Waals surface area (Å²) in [5.74, 6) is 0.925. The van der Waals surface area contributed by atoms with Gasteiger partial charge in [0, 0.05) is 6.04 Å². The quantitative estimate of drug-likeness (QED) is 0.752. The van der Waals surface area contributed by atoms with Gasteiger partial charge in [0.25, 0.3) is 0 Å². The lowest BCUT2D eigenvalue weighted by Gasteiger charge is -2.17. The first-order chi connectivity index (χ1) is 11.8. The van der Waals surface area contributed by atoms with Crippen LogP contribution in [0.25, 0.3) is 0 Å². The van der Waals surface area contributed by atoms with E-state index < -0.39 is 16.1 Å². The summed E-state index contributed by atoms with van der Waals surface area (Å²) in [6.07, 6.45) is 0. The number of halogens is 2. The number of hydrogen-bond acceptors (Lipinski definition) is 4. The van der Waals surface area contributed by atoms with Crippen LogP contribution in [0.3, 0.4) is 0 Å². The minimum atomic E-state index is -3.57. The maximum Gasteiger partial charge on any atom is 0.216 e. The summed E-state index contributed by atoms with van der Waals surface area (Å²) in [4.78, 5) is 0. The minimum Gasteiger partial charge on any atom is -0.493 e. The first-order valence-electron chi connectivity index (χ1n) is 7.41. The van der Waals surface area contributed by atoms with E-state index in [2.05, 4.69) is 4.72 Å². The number of benzene rings is 2. The van der Waals surface area contributed by atoms with Crippen LogP contribution in [0.1, 0.15) is 24.1 Å². The molecule has 0 aliphatic rings. The van der Waals surface area contributed by atoms with E-state index in [0.29, 0.717) is 27.1 Å². The number of rotatable bonds is 7. The summed E-state index contributed by atoms with van der Waals surface area (Å²) < 4.78 is 37.9. The molecule has 0 radical (unpaired) electrons. The number of nitrogens with one attached hydrogen (secondary N) is 1. The fourth-order valence-corrected chi connectivity index (χ4v) is 4.05. The van der Waals surface area contributed by atoms with Crippen molar-refractivity contribution in [3.63, 3.8) is 0 Å². The van der Waals surface area contributed by atoms with Crippen molar-refractivity contribution in [1.82, 2.24) is 4.72 Å². The molecule has 0 fully saturated rings. The standard InChI is InChI=1S/C17H19Cl2NO4S/c1-11(13-5-7-16(23-2)17(9-13)24-3)20-25(21,22)10-12-4-6-14(18)15(19)8-12/h4-9,11,20H,10H2,1-3H3/t11-/m1/s1. The van der Waals surface area contributed by atoms with Gasteiger partial charge in [-0.25, -0.2) is 13.1 Å². The molecule has 8 heteroatoms. The highest BCUT2D eigenvalue weighted by Gasteiger charge is 2.18. The van der Waals surface area contributed by atoms with Crippen molar-refractivity contribution in [1.29, 1.82) is 0 Å². The van der Waals surface area contributed by atoms with Crippen LogP contribution in [0.15, 0.2) is 36.4 Å². The van der Waals surface area contributed by atoms with Crippen molar-refractivity contribution < 1.29 is 17.9 Å². The average molecular weight is 404 g/mol. The van der Waals surface area contributed by atoms with Crippen LogP contribution in [0.5, 0.6) is 11.5 Å².